The van der Waals surface area contributed by atoms with E-state index in [1.165, 1.54) is 11.3 Å². The first-order valence-corrected chi connectivity index (χ1v) is 10.6. The van der Waals surface area contributed by atoms with Crippen LogP contribution in [0.4, 0.5) is 10.8 Å². The van der Waals surface area contributed by atoms with Crippen LogP contribution in [-0.4, -0.2) is 27.0 Å². The highest BCUT2D eigenvalue weighted by atomic mass is 32.1. The van der Waals surface area contributed by atoms with Gasteiger partial charge in [0.1, 0.15) is 0 Å². The van der Waals surface area contributed by atoms with Gasteiger partial charge in [0.15, 0.2) is 10.8 Å². The van der Waals surface area contributed by atoms with Crippen molar-refractivity contribution in [3.8, 4) is 0 Å². The number of H-pyrrole nitrogens is 1. The van der Waals surface area contributed by atoms with Gasteiger partial charge in [0.25, 0.3) is 11.8 Å². The SMILES string of the molecule is O=C(Nc1nc2ccc(NC(=O)c3n[nH]c4c3CCCC4)cc2s1)c1ccccc1. The van der Waals surface area contributed by atoms with Gasteiger partial charge in [0.2, 0.25) is 0 Å². The summed E-state index contributed by atoms with van der Waals surface area (Å²) in [6.07, 6.45) is 4.03. The molecule has 1 aliphatic rings. The molecule has 1 aliphatic carbocycles. The molecule has 2 aromatic carbocycles. The summed E-state index contributed by atoms with van der Waals surface area (Å²) in [6, 6.07) is 14.5. The van der Waals surface area contributed by atoms with Crippen LogP contribution in [0.15, 0.2) is 48.5 Å². The Hall–Kier alpha value is -3.52. The molecule has 8 heteroatoms. The number of aryl methyl sites for hydroxylation is 1. The fraction of sp³-hybridized carbons (Fsp3) is 0.182. The maximum atomic E-state index is 12.7. The summed E-state index contributed by atoms with van der Waals surface area (Å²) < 4.78 is 0.875. The van der Waals surface area contributed by atoms with Crippen molar-refractivity contribution in [2.45, 2.75) is 25.7 Å². The predicted molar refractivity (Wildman–Crippen MR) is 117 cm³/mol. The van der Waals surface area contributed by atoms with Crippen LogP contribution in [0.2, 0.25) is 0 Å². The van der Waals surface area contributed by atoms with E-state index < -0.39 is 0 Å². The Bertz CT molecular complexity index is 1250. The summed E-state index contributed by atoms with van der Waals surface area (Å²) in [6.45, 7) is 0. The van der Waals surface area contributed by atoms with E-state index in [1.54, 1.807) is 12.1 Å². The number of amides is 2. The lowest BCUT2D eigenvalue weighted by Crippen LogP contribution is -2.15. The quantitative estimate of drug-likeness (QED) is 0.458. The van der Waals surface area contributed by atoms with Gasteiger partial charge in [-0.1, -0.05) is 29.5 Å². The fourth-order valence-electron chi connectivity index (χ4n) is 3.67. The van der Waals surface area contributed by atoms with E-state index in [-0.39, 0.29) is 11.8 Å². The van der Waals surface area contributed by atoms with Crippen molar-refractivity contribution in [1.82, 2.24) is 15.2 Å². The van der Waals surface area contributed by atoms with Gasteiger partial charge in [-0.2, -0.15) is 5.10 Å². The lowest BCUT2D eigenvalue weighted by molar-refractivity contribution is 0.101. The highest BCUT2D eigenvalue weighted by Gasteiger charge is 2.22. The average molecular weight is 417 g/mol. The van der Waals surface area contributed by atoms with Gasteiger partial charge < -0.3 is 5.32 Å². The molecular formula is C22H19N5O2S. The van der Waals surface area contributed by atoms with Crippen LogP contribution < -0.4 is 10.6 Å². The molecule has 0 spiro atoms. The lowest BCUT2D eigenvalue weighted by Gasteiger charge is -2.11. The van der Waals surface area contributed by atoms with Crippen molar-refractivity contribution in [3.05, 3.63) is 71.0 Å². The number of carbonyl (C=O) groups is 2. The number of anilines is 2. The molecule has 30 heavy (non-hydrogen) atoms. The van der Waals surface area contributed by atoms with Crippen molar-refractivity contribution >= 4 is 44.2 Å². The molecular weight excluding hydrogens is 398 g/mol. The Morgan fingerprint density at radius 3 is 2.67 bits per heavy atom. The van der Waals surface area contributed by atoms with E-state index >= 15 is 0 Å². The second kappa shape index (κ2) is 7.72. The molecule has 3 N–H and O–H groups in total. The molecule has 7 nitrogen and oxygen atoms in total. The molecule has 5 rings (SSSR count). The molecule has 2 heterocycles. The van der Waals surface area contributed by atoms with E-state index in [9.17, 15) is 9.59 Å². The van der Waals surface area contributed by atoms with Crippen LogP contribution in [0, 0.1) is 0 Å². The maximum absolute atomic E-state index is 12.7. The molecule has 0 radical (unpaired) electrons. The molecule has 2 amide bonds. The Balaban J connectivity index is 1.33. The summed E-state index contributed by atoms with van der Waals surface area (Å²) in [4.78, 5) is 29.5. The van der Waals surface area contributed by atoms with Gasteiger partial charge in [-0.15, -0.1) is 0 Å². The van der Waals surface area contributed by atoms with Gasteiger partial charge in [-0.25, -0.2) is 4.98 Å². The number of hydrogen-bond acceptors (Lipinski definition) is 5. The zero-order valence-electron chi connectivity index (χ0n) is 16.1. The summed E-state index contributed by atoms with van der Waals surface area (Å²) >= 11 is 1.37. The van der Waals surface area contributed by atoms with Crippen LogP contribution in [0.25, 0.3) is 10.2 Å². The van der Waals surface area contributed by atoms with Gasteiger partial charge in [0.05, 0.1) is 10.2 Å². The van der Waals surface area contributed by atoms with E-state index in [0.717, 1.165) is 47.2 Å². The minimum atomic E-state index is -0.212. The van der Waals surface area contributed by atoms with Crippen molar-refractivity contribution in [2.75, 3.05) is 10.6 Å². The van der Waals surface area contributed by atoms with Gasteiger partial charge in [0, 0.05) is 22.5 Å². The van der Waals surface area contributed by atoms with Gasteiger partial charge in [-0.05, 0) is 56.0 Å². The highest BCUT2D eigenvalue weighted by molar-refractivity contribution is 7.22. The zero-order valence-corrected chi connectivity index (χ0v) is 16.9. The van der Waals surface area contributed by atoms with Crippen LogP contribution in [-0.2, 0) is 12.8 Å². The monoisotopic (exact) mass is 417 g/mol. The first-order chi connectivity index (χ1) is 14.7. The highest BCUT2D eigenvalue weighted by Crippen LogP contribution is 2.29. The van der Waals surface area contributed by atoms with Gasteiger partial charge in [-0.3, -0.25) is 20.0 Å². The van der Waals surface area contributed by atoms with Gasteiger partial charge >= 0.3 is 0 Å². The minimum absolute atomic E-state index is 0.202. The molecule has 4 aromatic rings. The number of carbonyl (C=O) groups excluding carboxylic acids is 2. The Kier molecular flexibility index (Phi) is 4.76. The first kappa shape index (κ1) is 18.5. The Morgan fingerprint density at radius 1 is 0.967 bits per heavy atom. The standard InChI is InChI=1S/C22H19N5O2S/c28-20(13-6-2-1-3-7-13)25-22-24-17-11-10-14(12-18(17)30-22)23-21(29)19-15-8-4-5-9-16(15)26-27-19/h1-3,6-7,10-12H,4-5,8-9H2,(H,23,29)(H,26,27)(H,24,25,28). The maximum Gasteiger partial charge on any atom is 0.276 e. The van der Waals surface area contributed by atoms with Crippen LogP contribution in [0.5, 0.6) is 0 Å². The number of aromatic nitrogens is 3. The molecule has 0 fully saturated rings. The van der Waals surface area contributed by atoms with E-state index in [0.29, 0.717) is 22.1 Å². The normalized spacial score (nSPS) is 13.1. The van der Waals surface area contributed by atoms with Crippen LogP contribution >= 0.6 is 11.3 Å². The average Bonchev–Trinajstić information content (AvgIpc) is 3.37. The third-order valence-corrected chi connectivity index (χ3v) is 6.11. The third kappa shape index (κ3) is 3.57. The van der Waals surface area contributed by atoms with Crippen molar-refractivity contribution in [3.63, 3.8) is 0 Å². The second-order valence-electron chi connectivity index (χ2n) is 7.21. The predicted octanol–water partition coefficient (Wildman–Crippen LogP) is 4.40. The van der Waals surface area contributed by atoms with Crippen molar-refractivity contribution in [1.29, 1.82) is 0 Å². The number of hydrogen-bond donors (Lipinski definition) is 3. The molecule has 0 aliphatic heterocycles. The number of thiazole rings is 1. The number of nitrogens with one attached hydrogen (secondary N) is 3. The van der Waals surface area contributed by atoms with Crippen molar-refractivity contribution < 1.29 is 9.59 Å². The summed E-state index contributed by atoms with van der Waals surface area (Å²) in [5, 5.41) is 13.5. The summed E-state index contributed by atoms with van der Waals surface area (Å²) in [7, 11) is 0. The third-order valence-electron chi connectivity index (χ3n) is 5.17. The molecule has 0 unspecified atom stereocenters. The molecule has 0 atom stereocenters. The number of fused-ring (bicyclic) bond motifs is 2. The topological polar surface area (TPSA) is 99.8 Å². The van der Waals surface area contributed by atoms with Crippen LogP contribution in [0.3, 0.4) is 0 Å². The first-order valence-electron chi connectivity index (χ1n) is 9.82. The van der Waals surface area contributed by atoms with Crippen LogP contribution in [0.1, 0.15) is 44.9 Å². The smallest absolute Gasteiger partial charge is 0.276 e. The molecule has 0 bridgehead atoms. The summed E-state index contributed by atoms with van der Waals surface area (Å²) in [5.41, 5.74) is 4.59. The molecule has 0 saturated heterocycles. The van der Waals surface area contributed by atoms with Crippen molar-refractivity contribution in [2.24, 2.45) is 0 Å². The van der Waals surface area contributed by atoms with E-state index in [4.69, 9.17) is 0 Å². The summed E-state index contributed by atoms with van der Waals surface area (Å²) in [5.74, 6) is -0.414. The number of benzene rings is 2. The number of rotatable bonds is 4. The number of nitrogens with zero attached hydrogens (tertiary/aromatic N) is 2. The Labute approximate surface area is 176 Å². The Morgan fingerprint density at radius 2 is 1.80 bits per heavy atom. The second-order valence-corrected chi connectivity index (χ2v) is 8.24. The molecule has 150 valence electrons. The molecule has 2 aromatic heterocycles. The lowest BCUT2D eigenvalue weighted by atomic mass is 9.96. The minimum Gasteiger partial charge on any atom is -0.321 e. The number of aromatic amines is 1. The molecule has 0 saturated carbocycles. The van der Waals surface area contributed by atoms with E-state index in [1.807, 2.05) is 36.4 Å². The largest absolute Gasteiger partial charge is 0.321 e. The fourth-order valence-corrected chi connectivity index (χ4v) is 4.57. The zero-order chi connectivity index (χ0) is 20.5. The van der Waals surface area contributed by atoms with E-state index in [2.05, 4.69) is 25.8 Å².